The molecule has 2 aliphatic rings. The van der Waals surface area contributed by atoms with Gasteiger partial charge in [0.2, 0.25) is 5.92 Å². The quantitative estimate of drug-likeness (QED) is 0.171. The van der Waals surface area contributed by atoms with Crippen LogP contribution in [0.5, 0.6) is 0 Å². The SMILES string of the molecule is CC(=O)/C(C)=C/c1ccc2nc(C3(NC(=O)c4ccc5c(C6CCC(F)(F)CC6)c(-c6ncc(Br)cn6)n(C)c5c4)CCC3)n(C)c2c1. The Balaban J connectivity index is 1.24. The number of halogens is 3. The first-order valence-corrected chi connectivity index (χ1v) is 17.1. The van der Waals surface area contributed by atoms with Gasteiger partial charge in [0, 0.05) is 55.8 Å². The van der Waals surface area contributed by atoms with Crippen LogP contribution in [0.2, 0.25) is 0 Å². The van der Waals surface area contributed by atoms with E-state index < -0.39 is 11.5 Å². The summed E-state index contributed by atoms with van der Waals surface area (Å²) in [5.41, 5.74) is 5.80. The van der Waals surface area contributed by atoms with Gasteiger partial charge in [-0.05, 0) is 115 Å². The number of aromatic nitrogens is 5. The van der Waals surface area contributed by atoms with Crippen LogP contribution in [0.25, 0.3) is 39.5 Å². The zero-order valence-corrected chi connectivity index (χ0v) is 29.0. The van der Waals surface area contributed by atoms with Gasteiger partial charge in [-0.25, -0.2) is 23.7 Å². The first-order valence-electron chi connectivity index (χ1n) is 16.3. The maximum atomic E-state index is 14.2. The second-order valence-electron chi connectivity index (χ2n) is 13.4. The van der Waals surface area contributed by atoms with Crippen LogP contribution in [-0.4, -0.2) is 41.7 Å². The van der Waals surface area contributed by atoms with E-state index in [1.165, 1.54) is 0 Å². The number of rotatable bonds is 7. The topological polar surface area (TPSA) is 94.7 Å². The lowest BCUT2D eigenvalue weighted by molar-refractivity contribution is -0.113. The van der Waals surface area contributed by atoms with E-state index in [0.717, 1.165) is 68.3 Å². The van der Waals surface area contributed by atoms with Crippen LogP contribution in [0.1, 0.15) is 92.0 Å². The van der Waals surface area contributed by atoms with Gasteiger partial charge in [0.1, 0.15) is 5.82 Å². The van der Waals surface area contributed by atoms with Crippen molar-refractivity contribution < 1.29 is 18.4 Å². The van der Waals surface area contributed by atoms with Crippen molar-refractivity contribution in [2.75, 3.05) is 0 Å². The molecule has 0 atom stereocenters. The van der Waals surface area contributed by atoms with E-state index >= 15 is 0 Å². The van der Waals surface area contributed by atoms with Crippen molar-refractivity contribution in [1.29, 1.82) is 0 Å². The second-order valence-corrected chi connectivity index (χ2v) is 14.3. The van der Waals surface area contributed by atoms with E-state index in [1.54, 1.807) is 26.2 Å². The van der Waals surface area contributed by atoms with E-state index in [2.05, 4.69) is 31.2 Å². The molecular weight excluding hydrogens is 678 g/mol. The molecular formula is C37H37BrF2N6O2. The number of aryl methyl sites for hydroxylation is 2. The lowest BCUT2D eigenvalue weighted by Crippen LogP contribution is -2.52. The van der Waals surface area contributed by atoms with Gasteiger partial charge >= 0.3 is 0 Å². The average Bonchev–Trinajstić information content (AvgIpc) is 3.52. The van der Waals surface area contributed by atoms with Crippen molar-refractivity contribution >= 4 is 55.6 Å². The van der Waals surface area contributed by atoms with Gasteiger partial charge in [-0.2, -0.15) is 0 Å². The Labute approximate surface area is 285 Å². The number of amides is 1. The summed E-state index contributed by atoms with van der Waals surface area (Å²) in [6.07, 6.45) is 8.15. The second kappa shape index (κ2) is 12.0. The van der Waals surface area contributed by atoms with E-state index in [9.17, 15) is 18.4 Å². The number of carbonyl (C=O) groups excluding carboxylic acids is 2. The minimum Gasteiger partial charge on any atom is -0.341 e. The number of hydrogen-bond acceptors (Lipinski definition) is 5. The molecule has 7 rings (SSSR count). The summed E-state index contributed by atoms with van der Waals surface area (Å²) in [7, 11) is 3.88. The van der Waals surface area contributed by atoms with Crippen molar-refractivity contribution in [1.82, 2.24) is 29.4 Å². The molecule has 48 heavy (non-hydrogen) atoms. The van der Waals surface area contributed by atoms with Crippen LogP contribution in [0.3, 0.4) is 0 Å². The highest BCUT2D eigenvalue weighted by Crippen LogP contribution is 2.47. The molecule has 0 spiro atoms. The Kier molecular flexibility index (Phi) is 8.09. The Bertz CT molecular complexity index is 2120. The number of imidazole rings is 1. The molecule has 248 valence electrons. The fraction of sp³-hybridized carbons (Fsp3) is 0.378. The lowest BCUT2D eigenvalue weighted by atomic mass is 9.75. The number of allylic oxidation sites excluding steroid dienone is 1. The van der Waals surface area contributed by atoms with Crippen LogP contribution < -0.4 is 5.32 Å². The van der Waals surface area contributed by atoms with E-state index in [4.69, 9.17) is 4.98 Å². The number of Topliss-reactive ketones (excluding diaryl/α,β-unsaturated/α-hetero) is 1. The number of benzene rings is 2. The minimum atomic E-state index is -2.65. The number of fused-ring (bicyclic) bond motifs is 2. The molecule has 5 aromatic rings. The number of nitrogens with zero attached hydrogens (tertiary/aromatic N) is 5. The van der Waals surface area contributed by atoms with Crippen molar-refractivity contribution in [2.45, 2.75) is 76.2 Å². The van der Waals surface area contributed by atoms with Gasteiger partial charge in [-0.1, -0.05) is 12.1 Å². The van der Waals surface area contributed by atoms with Crippen molar-refractivity contribution in [3.8, 4) is 11.5 Å². The van der Waals surface area contributed by atoms with Gasteiger partial charge in [0.25, 0.3) is 5.91 Å². The van der Waals surface area contributed by atoms with Crippen LogP contribution in [0.4, 0.5) is 8.78 Å². The van der Waals surface area contributed by atoms with Gasteiger partial charge in [0.15, 0.2) is 11.6 Å². The lowest BCUT2D eigenvalue weighted by Gasteiger charge is -2.41. The summed E-state index contributed by atoms with van der Waals surface area (Å²) in [5, 5.41) is 4.26. The van der Waals surface area contributed by atoms with Gasteiger partial charge in [0.05, 0.1) is 26.7 Å². The third-order valence-electron chi connectivity index (χ3n) is 10.3. The summed E-state index contributed by atoms with van der Waals surface area (Å²) in [6.45, 7) is 3.36. The summed E-state index contributed by atoms with van der Waals surface area (Å²) in [4.78, 5) is 39.9. The highest BCUT2D eigenvalue weighted by atomic mass is 79.9. The molecule has 0 saturated heterocycles. The van der Waals surface area contributed by atoms with Crippen LogP contribution in [0, 0.1) is 0 Å². The summed E-state index contributed by atoms with van der Waals surface area (Å²) < 4.78 is 33.2. The van der Waals surface area contributed by atoms with Crippen LogP contribution in [-0.2, 0) is 24.4 Å². The monoisotopic (exact) mass is 714 g/mol. The third-order valence-corrected chi connectivity index (χ3v) is 10.7. The largest absolute Gasteiger partial charge is 0.341 e. The van der Waals surface area contributed by atoms with E-state index in [1.807, 2.05) is 65.7 Å². The standard InChI is InChI=1S/C37H37BrF2N6O2/c1-21(22(2)47)16-23-6-9-28-30(17-23)46(4)35(43-28)36(12-5-13-36)44-34(48)25-7-8-27-29(18-25)45(3)32(33-41-19-26(38)20-42-33)31(27)24-10-14-37(39,40)15-11-24/h6-9,16-20,24H,5,10-15H2,1-4H3,(H,44,48)/b21-16+. The van der Waals surface area contributed by atoms with E-state index in [0.29, 0.717) is 29.8 Å². The fourth-order valence-corrected chi connectivity index (χ4v) is 7.56. The molecule has 2 saturated carbocycles. The normalized spacial score (nSPS) is 17.9. The highest BCUT2D eigenvalue weighted by molar-refractivity contribution is 9.10. The predicted molar refractivity (Wildman–Crippen MR) is 186 cm³/mol. The molecule has 3 heterocycles. The smallest absolute Gasteiger partial charge is 0.252 e. The van der Waals surface area contributed by atoms with Crippen molar-refractivity contribution in [3.05, 3.63) is 81.4 Å². The Morgan fingerprint density at radius 3 is 2.31 bits per heavy atom. The van der Waals surface area contributed by atoms with Crippen molar-refractivity contribution in [2.24, 2.45) is 14.1 Å². The number of alkyl halides is 2. The zero-order valence-electron chi connectivity index (χ0n) is 27.4. The Morgan fingerprint density at radius 2 is 1.67 bits per heavy atom. The molecule has 2 fully saturated rings. The molecule has 1 amide bonds. The summed E-state index contributed by atoms with van der Waals surface area (Å²) >= 11 is 3.41. The molecule has 3 aromatic heterocycles. The summed E-state index contributed by atoms with van der Waals surface area (Å²) in [6, 6.07) is 11.6. The Morgan fingerprint density at radius 1 is 0.958 bits per heavy atom. The molecule has 2 aliphatic carbocycles. The average molecular weight is 716 g/mol. The van der Waals surface area contributed by atoms with Gasteiger partial charge in [-0.3, -0.25) is 9.59 Å². The van der Waals surface area contributed by atoms with Gasteiger partial charge < -0.3 is 14.5 Å². The molecule has 0 bridgehead atoms. The number of ketones is 1. The minimum absolute atomic E-state index is 0.0261. The molecule has 0 radical (unpaired) electrons. The molecule has 1 N–H and O–H groups in total. The van der Waals surface area contributed by atoms with Gasteiger partial charge in [-0.15, -0.1) is 0 Å². The Hall–Kier alpha value is -4.25. The molecule has 0 aliphatic heterocycles. The highest BCUT2D eigenvalue weighted by Gasteiger charge is 2.44. The molecule has 0 unspecified atom stereocenters. The first kappa shape index (κ1) is 32.3. The van der Waals surface area contributed by atoms with Crippen LogP contribution in [0.15, 0.2) is 58.8 Å². The first-order chi connectivity index (χ1) is 22.9. The van der Waals surface area contributed by atoms with Crippen molar-refractivity contribution in [3.63, 3.8) is 0 Å². The zero-order chi connectivity index (χ0) is 34.0. The fourth-order valence-electron chi connectivity index (χ4n) is 7.35. The maximum Gasteiger partial charge on any atom is 0.252 e. The maximum absolute atomic E-state index is 14.2. The van der Waals surface area contributed by atoms with E-state index in [-0.39, 0.29) is 30.4 Å². The number of hydrogen-bond donors (Lipinski definition) is 1. The summed E-state index contributed by atoms with van der Waals surface area (Å²) in [5.74, 6) is -1.59. The third kappa shape index (κ3) is 5.65. The molecule has 11 heteroatoms. The van der Waals surface area contributed by atoms with Crippen LogP contribution >= 0.6 is 15.9 Å². The molecule has 8 nitrogen and oxygen atoms in total. The number of nitrogens with one attached hydrogen (secondary N) is 1. The molecule has 2 aromatic carbocycles. The predicted octanol–water partition coefficient (Wildman–Crippen LogP) is 8.38. The number of carbonyl (C=O) groups is 2.